The second-order valence-electron chi connectivity index (χ2n) is 4.69. The lowest BCUT2D eigenvalue weighted by molar-refractivity contribution is 0.482. The van der Waals surface area contributed by atoms with E-state index in [1.165, 1.54) is 0 Å². The van der Waals surface area contributed by atoms with Crippen LogP contribution in [0.2, 0.25) is 0 Å². The number of nitriles is 1. The fourth-order valence-electron chi connectivity index (χ4n) is 2.31. The molecule has 1 N–H and O–H groups in total. The number of aryl methyl sites for hydroxylation is 2. The molecule has 0 radical (unpaired) electrons. The Morgan fingerprint density at radius 3 is 2.94 bits per heavy atom. The molecule has 90 valence electrons. The number of anilines is 1. The first-order valence-corrected chi connectivity index (χ1v) is 5.98. The van der Waals surface area contributed by atoms with Gasteiger partial charge < -0.3 is 10.2 Å². The second-order valence-corrected chi connectivity index (χ2v) is 4.69. The van der Waals surface area contributed by atoms with Crippen LogP contribution in [-0.4, -0.2) is 30.7 Å². The van der Waals surface area contributed by atoms with Gasteiger partial charge in [0.05, 0.1) is 5.56 Å². The largest absolute Gasteiger partial charge is 0.353 e. The first kappa shape index (κ1) is 11.9. The van der Waals surface area contributed by atoms with E-state index in [0.717, 1.165) is 36.7 Å². The van der Waals surface area contributed by atoms with E-state index in [2.05, 4.69) is 28.2 Å². The Balaban J connectivity index is 2.40. The number of piperazine rings is 1. The number of rotatable bonds is 1. The van der Waals surface area contributed by atoms with Crippen molar-refractivity contribution in [2.24, 2.45) is 0 Å². The van der Waals surface area contributed by atoms with E-state index in [0.29, 0.717) is 11.6 Å². The minimum absolute atomic E-state index is 0.443. The standard InChI is InChI=1S/C13H18N4/c1-9-6-10(2)16-13(12(9)7-14)17-5-4-15-11(3)8-17/h6,11,15H,4-5,8H2,1-3H3. The zero-order chi connectivity index (χ0) is 12.4. The zero-order valence-corrected chi connectivity index (χ0v) is 10.6. The Bertz CT molecular complexity index is 461. The van der Waals surface area contributed by atoms with Crippen LogP contribution < -0.4 is 10.2 Å². The van der Waals surface area contributed by atoms with Crippen LogP contribution in [0.5, 0.6) is 0 Å². The summed E-state index contributed by atoms with van der Waals surface area (Å²) in [5, 5.41) is 12.7. The number of aromatic nitrogens is 1. The van der Waals surface area contributed by atoms with E-state index in [1.807, 2.05) is 19.9 Å². The van der Waals surface area contributed by atoms with Gasteiger partial charge in [-0.2, -0.15) is 5.26 Å². The summed E-state index contributed by atoms with van der Waals surface area (Å²) in [5.74, 6) is 0.846. The Morgan fingerprint density at radius 1 is 1.53 bits per heavy atom. The fourth-order valence-corrected chi connectivity index (χ4v) is 2.31. The molecule has 0 bridgehead atoms. The minimum atomic E-state index is 0.443. The third-order valence-corrected chi connectivity index (χ3v) is 3.11. The van der Waals surface area contributed by atoms with Crippen molar-refractivity contribution in [1.29, 1.82) is 5.26 Å². The number of hydrogen-bond donors (Lipinski definition) is 1. The van der Waals surface area contributed by atoms with Crippen molar-refractivity contribution in [3.8, 4) is 6.07 Å². The normalized spacial score (nSPS) is 20.1. The van der Waals surface area contributed by atoms with Gasteiger partial charge >= 0.3 is 0 Å². The Morgan fingerprint density at radius 2 is 2.29 bits per heavy atom. The molecule has 0 amide bonds. The van der Waals surface area contributed by atoms with E-state index >= 15 is 0 Å². The third kappa shape index (κ3) is 2.40. The summed E-state index contributed by atoms with van der Waals surface area (Å²) in [4.78, 5) is 6.75. The van der Waals surface area contributed by atoms with Crippen LogP contribution in [0.4, 0.5) is 5.82 Å². The SMILES string of the molecule is Cc1cc(C)c(C#N)c(N2CCNC(C)C2)n1. The van der Waals surface area contributed by atoms with E-state index in [9.17, 15) is 5.26 Å². The van der Waals surface area contributed by atoms with E-state index in [1.54, 1.807) is 0 Å². The summed E-state index contributed by atoms with van der Waals surface area (Å²) in [6.45, 7) is 8.87. The molecule has 1 aliphatic heterocycles. The lowest BCUT2D eigenvalue weighted by atomic mass is 10.1. The summed E-state index contributed by atoms with van der Waals surface area (Å²) in [6.07, 6.45) is 0. The van der Waals surface area contributed by atoms with Crippen molar-refractivity contribution >= 4 is 5.82 Å². The molecular weight excluding hydrogens is 212 g/mol. The first-order chi connectivity index (χ1) is 8.11. The van der Waals surface area contributed by atoms with Crippen LogP contribution in [0.1, 0.15) is 23.7 Å². The van der Waals surface area contributed by atoms with Crippen molar-refractivity contribution in [2.75, 3.05) is 24.5 Å². The molecule has 2 rings (SSSR count). The lowest BCUT2D eigenvalue weighted by Crippen LogP contribution is -2.49. The number of nitrogens with one attached hydrogen (secondary N) is 1. The van der Waals surface area contributed by atoms with Gasteiger partial charge in [-0.15, -0.1) is 0 Å². The first-order valence-electron chi connectivity index (χ1n) is 5.98. The summed E-state index contributed by atoms with van der Waals surface area (Å²) >= 11 is 0. The molecule has 1 aromatic rings. The molecule has 0 aliphatic carbocycles. The monoisotopic (exact) mass is 230 g/mol. The number of hydrogen-bond acceptors (Lipinski definition) is 4. The highest BCUT2D eigenvalue weighted by atomic mass is 15.2. The van der Waals surface area contributed by atoms with E-state index in [4.69, 9.17) is 0 Å². The summed E-state index contributed by atoms with van der Waals surface area (Å²) < 4.78 is 0. The smallest absolute Gasteiger partial charge is 0.147 e. The van der Waals surface area contributed by atoms with Gasteiger partial charge in [-0.1, -0.05) is 0 Å². The maximum absolute atomic E-state index is 9.25. The molecule has 4 nitrogen and oxygen atoms in total. The quantitative estimate of drug-likeness (QED) is 0.791. The van der Waals surface area contributed by atoms with Crippen LogP contribution in [-0.2, 0) is 0 Å². The fraction of sp³-hybridized carbons (Fsp3) is 0.538. The van der Waals surface area contributed by atoms with Crippen molar-refractivity contribution in [3.63, 3.8) is 0 Å². The van der Waals surface area contributed by atoms with Crippen LogP contribution >= 0.6 is 0 Å². The molecule has 1 fully saturated rings. The molecular formula is C13H18N4. The molecule has 1 aliphatic rings. The van der Waals surface area contributed by atoms with Gasteiger partial charge in [0.2, 0.25) is 0 Å². The topological polar surface area (TPSA) is 52.0 Å². The summed E-state index contributed by atoms with van der Waals surface area (Å²) in [5.41, 5.74) is 2.70. The van der Waals surface area contributed by atoms with Gasteiger partial charge in [-0.3, -0.25) is 0 Å². The summed E-state index contributed by atoms with van der Waals surface area (Å²) in [6, 6.07) is 4.69. The highest BCUT2D eigenvalue weighted by Crippen LogP contribution is 2.22. The maximum Gasteiger partial charge on any atom is 0.147 e. The Labute approximate surface area is 102 Å². The minimum Gasteiger partial charge on any atom is -0.353 e. The molecule has 1 atom stereocenters. The van der Waals surface area contributed by atoms with Crippen molar-refractivity contribution < 1.29 is 0 Å². The van der Waals surface area contributed by atoms with Gasteiger partial charge in [-0.25, -0.2) is 4.98 Å². The summed E-state index contributed by atoms with van der Waals surface area (Å²) in [7, 11) is 0. The van der Waals surface area contributed by atoms with E-state index < -0.39 is 0 Å². The molecule has 2 heterocycles. The molecule has 0 saturated carbocycles. The molecule has 1 aromatic heterocycles. The van der Waals surface area contributed by atoms with E-state index in [-0.39, 0.29) is 0 Å². The van der Waals surface area contributed by atoms with Crippen LogP contribution in [0.15, 0.2) is 6.07 Å². The molecule has 1 saturated heterocycles. The van der Waals surface area contributed by atoms with Gasteiger partial charge in [-0.05, 0) is 32.4 Å². The second kappa shape index (κ2) is 4.72. The third-order valence-electron chi connectivity index (χ3n) is 3.11. The average molecular weight is 230 g/mol. The zero-order valence-electron chi connectivity index (χ0n) is 10.6. The molecule has 0 spiro atoms. The van der Waals surface area contributed by atoms with Gasteiger partial charge in [0.1, 0.15) is 11.9 Å². The molecule has 1 unspecified atom stereocenters. The number of pyridine rings is 1. The van der Waals surface area contributed by atoms with Crippen LogP contribution in [0, 0.1) is 25.2 Å². The van der Waals surface area contributed by atoms with Gasteiger partial charge in [0.15, 0.2) is 0 Å². The predicted octanol–water partition coefficient (Wildman–Crippen LogP) is 1.37. The highest BCUT2D eigenvalue weighted by molar-refractivity contribution is 5.58. The van der Waals surface area contributed by atoms with Gasteiger partial charge in [0.25, 0.3) is 0 Å². The predicted molar refractivity (Wildman–Crippen MR) is 68.1 cm³/mol. The Hall–Kier alpha value is -1.60. The Kier molecular flexibility index (Phi) is 3.30. The molecule has 4 heteroatoms. The van der Waals surface area contributed by atoms with Crippen LogP contribution in [0.25, 0.3) is 0 Å². The van der Waals surface area contributed by atoms with Crippen molar-refractivity contribution in [2.45, 2.75) is 26.8 Å². The van der Waals surface area contributed by atoms with Gasteiger partial charge in [0, 0.05) is 31.4 Å². The lowest BCUT2D eigenvalue weighted by Gasteiger charge is -2.33. The molecule has 0 aromatic carbocycles. The molecule has 17 heavy (non-hydrogen) atoms. The van der Waals surface area contributed by atoms with Crippen LogP contribution in [0.3, 0.4) is 0 Å². The average Bonchev–Trinajstić information content (AvgIpc) is 2.28. The van der Waals surface area contributed by atoms with Crippen molar-refractivity contribution in [1.82, 2.24) is 10.3 Å². The highest BCUT2D eigenvalue weighted by Gasteiger charge is 2.20. The maximum atomic E-state index is 9.25. The van der Waals surface area contributed by atoms with Crippen molar-refractivity contribution in [3.05, 3.63) is 22.9 Å². The number of nitrogens with zero attached hydrogens (tertiary/aromatic N) is 3.